The van der Waals surface area contributed by atoms with Crippen LogP contribution in [0.15, 0.2) is 23.8 Å². The van der Waals surface area contributed by atoms with E-state index in [2.05, 4.69) is 0 Å². The van der Waals surface area contributed by atoms with E-state index < -0.39 is 34.5 Å². The van der Waals surface area contributed by atoms with E-state index in [9.17, 15) is 33.0 Å². The molecule has 2 atom stereocenters. The van der Waals surface area contributed by atoms with Crippen LogP contribution < -0.4 is 10.2 Å². The minimum Gasteiger partial charge on any atom is -0.549 e. The van der Waals surface area contributed by atoms with Crippen molar-refractivity contribution in [3.05, 3.63) is 23.8 Å². The molecule has 0 aromatic rings. The highest BCUT2D eigenvalue weighted by Gasteiger charge is 2.48. The van der Waals surface area contributed by atoms with Gasteiger partial charge in [-0.1, -0.05) is 18.2 Å². The van der Waals surface area contributed by atoms with Crippen LogP contribution in [0.4, 0.5) is 13.2 Å². The summed E-state index contributed by atoms with van der Waals surface area (Å²) in [6.07, 6.45) is -3.11. The fourth-order valence-electron chi connectivity index (χ4n) is 1.61. The van der Waals surface area contributed by atoms with Gasteiger partial charge in [-0.15, -0.1) is 0 Å². The third-order valence-electron chi connectivity index (χ3n) is 2.94. The normalized spacial score (nSPS) is 31.9. The molecule has 0 amide bonds. The predicted octanol–water partition coefficient (Wildman–Crippen LogP) is -0.443. The minimum atomic E-state index is -4.98. The number of halogens is 3. The standard InChI is InChI=1S/C11H11F3O4/c1-9(7(15)16)3-4-10(2,8(17)18)6(5-9)11(12,13)14/h3-5H,1-2H3,(H,15,16)(H,17,18)/p-2. The van der Waals surface area contributed by atoms with Crippen molar-refractivity contribution in [1.29, 1.82) is 0 Å². The molecule has 1 rings (SSSR count). The first-order chi connectivity index (χ1) is 7.93. The number of carbonyl (C=O) groups excluding carboxylic acids is 2. The number of carboxylic acid groups (broad SMARTS) is 2. The van der Waals surface area contributed by atoms with Gasteiger partial charge < -0.3 is 19.8 Å². The molecule has 0 heterocycles. The van der Waals surface area contributed by atoms with Crippen molar-refractivity contribution in [2.45, 2.75) is 20.0 Å². The Balaban J connectivity index is 3.46. The Bertz CT molecular complexity index is 463. The van der Waals surface area contributed by atoms with E-state index in [1.807, 2.05) is 0 Å². The van der Waals surface area contributed by atoms with Crippen molar-refractivity contribution in [3.63, 3.8) is 0 Å². The Labute approximate surface area is 100 Å². The van der Waals surface area contributed by atoms with Gasteiger partial charge in [-0.25, -0.2) is 0 Å². The van der Waals surface area contributed by atoms with Gasteiger partial charge in [0.1, 0.15) is 0 Å². The molecule has 4 nitrogen and oxygen atoms in total. The summed E-state index contributed by atoms with van der Waals surface area (Å²) in [6, 6.07) is 0. The number of rotatable bonds is 2. The second kappa shape index (κ2) is 3.86. The Morgan fingerprint density at radius 3 is 1.94 bits per heavy atom. The van der Waals surface area contributed by atoms with E-state index in [-0.39, 0.29) is 0 Å². The van der Waals surface area contributed by atoms with Crippen LogP contribution in [0.5, 0.6) is 0 Å². The van der Waals surface area contributed by atoms with E-state index >= 15 is 0 Å². The quantitative estimate of drug-likeness (QED) is 0.632. The van der Waals surface area contributed by atoms with Crippen molar-refractivity contribution >= 4 is 11.9 Å². The third-order valence-corrected chi connectivity index (χ3v) is 2.94. The molecule has 0 aromatic carbocycles. The second-order valence-electron chi connectivity index (χ2n) is 4.45. The molecule has 2 unspecified atom stereocenters. The summed E-state index contributed by atoms with van der Waals surface area (Å²) in [6.45, 7) is 1.78. The fourth-order valence-corrected chi connectivity index (χ4v) is 1.61. The van der Waals surface area contributed by atoms with E-state index in [4.69, 9.17) is 0 Å². The average Bonchev–Trinajstić information content (AvgIpc) is 2.20. The lowest BCUT2D eigenvalue weighted by Crippen LogP contribution is -2.48. The average molecular weight is 262 g/mol. The Morgan fingerprint density at radius 2 is 1.61 bits per heavy atom. The van der Waals surface area contributed by atoms with Crippen LogP contribution in [0.3, 0.4) is 0 Å². The van der Waals surface area contributed by atoms with Crippen molar-refractivity contribution in [1.82, 2.24) is 0 Å². The molecule has 0 spiro atoms. The maximum absolute atomic E-state index is 12.8. The molecule has 7 heteroatoms. The molecule has 0 fully saturated rings. The largest absolute Gasteiger partial charge is 0.549 e. The molecule has 0 aromatic heterocycles. The third kappa shape index (κ3) is 2.12. The summed E-state index contributed by atoms with van der Waals surface area (Å²) in [5.41, 5.74) is -5.89. The molecule has 100 valence electrons. The molecule has 0 N–H and O–H groups in total. The monoisotopic (exact) mass is 262 g/mol. The van der Waals surface area contributed by atoms with E-state index in [0.717, 1.165) is 19.9 Å². The molecule has 1 aliphatic carbocycles. The van der Waals surface area contributed by atoms with Crippen molar-refractivity contribution in [3.8, 4) is 0 Å². The number of alkyl halides is 3. The number of hydrogen-bond acceptors (Lipinski definition) is 4. The molecular formula is C11H9F3O4-2. The molecule has 18 heavy (non-hydrogen) atoms. The minimum absolute atomic E-state index is 0.345. The molecule has 0 radical (unpaired) electrons. The number of hydrogen-bond donors (Lipinski definition) is 0. The van der Waals surface area contributed by atoms with Crippen LogP contribution in [-0.4, -0.2) is 18.1 Å². The predicted molar refractivity (Wildman–Crippen MR) is 49.5 cm³/mol. The summed E-state index contributed by atoms with van der Waals surface area (Å²) < 4.78 is 38.4. The second-order valence-corrected chi connectivity index (χ2v) is 4.45. The number of aliphatic carboxylic acids is 2. The maximum atomic E-state index is 12.8. The van der Waals surface area contributed by atoms with Crippen LogP contribution in [0.25, 0.3) is 0 Å². The lowest BCUT2D eigenvalue weighted by molar-refractivity contribution is -0.318. The first-order valence-corrected chi connectivity index (χ1v) is 4.87. The first kappa shape index (κ1) is 14.3. The highest BCUT2D eigenvalue weighted by atomic mass is 19.4. The molecule has 0 bridgehead atoms. The molecule has 0 aliphatic heterocycles. The molecule has 0 saturated heterocycles. The summed E-state index contributed by atoms with van der Waals surface area (Å²) in [4.78, 5) is 21.6. The fraction of sp³-hybridized carbons (Fsp3) is 0.455. The van der Waals surface area contributed by atoms with Gasteiger partial charge in [-0.3, -0.25) is 0 Å². The van der Waals surface area contributed by atoms with Crippen LogP contribution in [-0.2, 0) is 9.59 Å². The Hall–Kier alpha value is -1.79. The Kier molecular flexibility index (Phi) is 3.06. The zero-order valence-corrected chi connectivity index (χ0v) is 9.50. The molecular weight excluding hydrogens is 253 g/mol. The van der Waals surface area contributed by atoms with Gasteiger partial charge in [0.05, 0.1) is 17.4 Å². The topological polar surface area (TPSA) is 80.3 Å². The van der Waals surface area contributed by atoms with Crippen molar-refractivity contribution in [2.24, 2.45) is 10.8 Å². The number of carboxylic acids is 2. The van der Waals surface area contributed by atoms with Gasteiger partial charge in [-0.2, -0.15) is 13.2 Å². The van der Waals surface area contributed by atoms with Gasteiger partial charge in [0.2, 0.25) is 0 Å². The molecule has 1 aliphatic rings. The lowest BCUT2D eigenvalue weighted by Gasteiger charge is -2.39. The van der Waals surface area contributed by atoms with E-state index in [0.29, 0.717) is 12.2 Å². The zero-order valence-electron chi connectivity index (χ0n) is 9.50. The van der Waals surface area contributed by atoms with Crippen LogP contribution in [0, 0.1) is 10.8 Å². The van der Waals surface area contributed by atoms with E-state index in [1.54, 1.807) is 0 Å². The zero-order chi connectivity index (χ0) is 14.4. The highest BCUT2D eigenvalue weighted by molar-refractivity contribution is 5.84. The summed E-state index contributed by atoms with van der Waals surface area (Å²) in [7, 11) is 0. The van der Waals surface area contributed by atoms with E-state index in [1.165, 1.54) is 0 Å². The lowest BCUT2D eigenvalue weighted by atomic mass is 9.71. The SMILES string of the molecule is CC1(C(=O)[O-])C=CC(C)(C(=O)[O-])C(C(F)(F)F)=C1. The van der Waals surface area contributed by atoms with Crippen LogP contribution >= 0.6 is 0 Å². The summed E-state index contributed by atoms with van der Waals surface area (Å²) in [5, 5.41) is 21.6. The Morgan fingerprint density at radius 1 is 1.11 bits per heavy atom. The van der Waals surface area contributed by atoms with Crippen LogP contribution in [0.2, 0.25) is 0 Å². The van der Waals surface area contributed by atoms with Gasteiger partial charge >= 0.3 is 6.18 Å². The number of carbonyl (C=O) groups is 2. The maximum Gasteiger partial charge on any atom is 0.413 e. The summed E-state index contributed by atoms with van der Waals surface area (Å²) in [5.74, 6) is -3.70. The summed E-state index contributed by atoms with van der Waals surface area (Å²) >= 11 is 0. The first-order valence-electron chi connectivity index (χ1n) is 4.87. The van der Waals surface area contributed by atoms with Crippen molar-refractivity contribution < 1.29 is 33.0 Å². The van der Waals surface area contributed by atoms with Gasteiger partial charge in [-0.05, 0) is 13.8 Å². The highest BCUT2D eigenvalue weighted by Crippen LogP contribution is 2.46. The van der Waals surface area contributed by atoms with Crippen molar-refractivity contribution in [2.75, 3.05) is 0 Å². The van der Waals surface area contributed by atoms with Gasteiger partial charge in [0.25, 0.3) is 0 Å². The van der Waals surface area contributed by atoms with Gasteiger partial charge in [0.15, 0.2) is 0 Å². The van der Waals surface area contributed by atoms with Crippen LogP contribution in [0.1, 0.15) is 13.8 Å². The van der Waals surface area contributed by atoms with Gasteiger partial charge in [0, 0.05) is 11.0 Å². The molecule has 0 saturated carbocycles. The smallest absolute Gasteiger partial charge is 0.413 e.